The molecule has 1 aliphatic carbocycles. The van der Waals surface area contributed by atoms with Gasteiger partial charge in [-0.3, -0.25) is 4.68 Å². The van der Waals surface area contributed by atoms with Gasteiger partial charge in [-0.05, 0) is 25.2 Å². The van der Waals surface area contributed by atoms with Gasteiger partial charge in [0, 0.05) is 24.0 Å². The first-order valence-electron chi connectivity index (χ1n) is 5.17. The summed E-state index contributed by atoms with van der Waals surface area (Å²) in [6, 6.07) is 0. The lowest BCUT2D eigenvalue weighted by molar-refractivity contribution is 0.335. The Kier molecular flexibility index (Phi) is 2.91. The normalized spacial score (nSPS) is 33.2. The monoisotopic (exact) mass is 257 g/mol. The molecule has 0 amide bonds. The van der Waals surface area contributed by atoms with Crippen LogP contribution in [-0.2, 0) is 7.05 Å². The van der Waals surface area contributed by atoms with E-state index in [9.17, 15) is 0 Å². The summed E-state index contributed by atoms with van der Waals surface area (Å²) in [5, 5.41) is 8.22. The van der Waals surface area contributed by atoms with Crippen LogP contribution in [0, 0.1) is 5.92 Å². The molecule has 0 N–H and O–H groups in total. The molecule has 1 aromatic heterocycles. The van der Waals surface area contributed by atoms with Gasteiger partial charge >= 0.3 is 0 Å². The van der Waals surface area contributed by atoms with Gasteiger partial charge in [0.05, 0.1) is 5.69 Å². The maximum absolute atomic E-state index is 4.22. The average Bonchev–Trinajstić information content (AvgIpc) is 2.56. The van der Waals surface area contributed by atoms with Crippen LogP contribution in [0.1, 0.15) is 37.8 Å². The van der Waals surface area contributed by atoms with Gasteiger partial charge < -0.3 is 0 Å². The fourth-order valence-electron chi connectivity index (χ4n) is 2.22. The third kappa shape index (κ3) is 2.00. The first kappa shape index (κ1) is 10.1. The van der Waals surface area contributed by atoms with Crippen molar-refractivity contribution < 1.29 is 0 Å². The summed E-state index contributed by atoms with van der Waals surface area (Å²) in [4.78, 5) is 0.658. The molecule has 0 aromatic carbocycles. The number of hydrogen-bond acceptors (Lipinski definition) is 2. The van der Waals surface area contributed by atoms with Crippen molar-refractivity contribution in [1.29, 1.82) is 0 Å². The zero-order chi connectivity index (χ0) is 10.1. The molecular formula is C10H16BrN3. The second-order valence-electron chi connectivity index (χ2n) is 4.31. The van der Waals surface area contributed by atoms with E-state index >= 15 is 0 Å². The van der Waals surface area contributed by atoms with Gasteiger partial charge in [-0.1, -0.05) is 28.1 Å². The summed E-state index contributed by atoms with van der Waals surface area (Å²) in [6.07, 6.45) is 5.82. The van der Waals surface area contributed by atoms with Crippen molar-refractivity contribution in [3.05, 3.63) is 11.9 Å². The van der Waals surface area contributed by atoms with Crippen molar-refractivity contribution in [1.82, 2.24) is 15.0 Å². The summed E-state index contributed by atoms with van der Waals surface area (Å²) < 4.78 is 1.79. The smallest absolute Gasteiger partial charge is 0.0860 e. The molecule has 0 bridgehead atoms. The van der Waals surface area contributed by atoms with Crippen LogP contribution in [0.15, 0.2) is 6.20 Å². The largest absolute Gasteiger partial charge is 0.255 e. The van der Waals surface area contributed by atoms with Crippen molar-refractivity contribution in [2.24, 2.45) is 13.0 Å². The Morgan fingerprint density at radius 2 is 2.29 bits per heavy atom. The molecule has 1 saturated carbocycles. The summed E-state index contributed by atoms with van der Waals surface area (Å²) in [5.41, 5.74) is 1.16. The first-order valence-corrected chi connectivity index (χ1v) is 6.08. The Morgan fingerprint density at radius 1 is 1.50 bits per heavy atom. The standard InChI is InChI=1S/C10H16BrN3/c1-7-3-4-8(11)5-9(7)10-6-14(2)13-12-10/h6-9H,3-5H2,1-2H3. The lowest BCUT2D eigenvalue weighted by Crippen LogP contribution is -2.21. The highest BCUT2D eigenvalue weighted by Crippen LogP contribution is 2.39. The molecule has 78 valence electrons. The van der Waals surface area contributed by atoms with Crippen LogP contribution in [-0.4, -0.2) is 19.8 Å². The van der Waals surface area contributed by atoms with E-state index in [2.05, 4.69) is 33.2 Å². The number of halogens is 1. The molecule has 0 aliphatic heterocycles. The number of hydrogen-bond donors (Lipinski definition) is 0. The van der Waals surface area contributed by atoms with Crippen LogP contribution in [0.4, 0.5) is 0 Å². The Morgan fingerprint density at radius 3 is 2.93 bits per heavy atom. The van der Waals surface area contributed by atoms with E-state index in [1.165, 1.54) is 19.3 Å². The summed E-state index contributed by atoms with van der Waals surface area (Å²) in [7, 11) is 1.93. The third-order valence-electron chi connectivity index (χ3n) is 3.13. The fourth-order valence-corrected chi connectivity index (χ4v) is 2.89. The topological polar surface area (TPSA) is 30.7 Å². The highest BCUT2D eigenvalue weighted by atomic mass is 79.9. The SMILES string of the molecule is CC1CCC(Br)CC1c1cn(C)nn1. The molecule has 3 atom stereocenters. The molecule has 1 heterocycles. The van der Waals surface area contributed by atoms with Crippen LogP contribution in [0.2, 0.25) is 0 Å². The van der Waals surface area contributed by atoms with E-state index in [4.69, 9.17) is 0 Å². The van der Waals surface area contributed by atoms with Crippen molar-refractivity contribution in [2.45, 2.75) is 36.9 Å². The second-order valence-corrected chi connectivity index (χ2v) is 5.61. The van der Waals surface area contributed by atoms with E-state index in [0.29, 0.717) is 10.7 Å². The van der Waals surface area contributed by atoms with Crippen LogP contribution in [0.5, 0.6) is 0 Å². The molecule has 1 aromatic rings. The zero-order valence-corrected chi connectivity index (χ0v) is 10.2. The van der Waals surface area contributed by atoms with Gasteiger partial charge in [-0.15, -0.1) is 5.10 Å². The summed E-state index contributed by atoms with van der Waals surface area (Å²) >= 11 is 3.71. The molecule has 3 nitrogen and oxygen atoms in total. The second kappa shape index (κ2) is 4.01. The lowest BCUT2D eigenvalue weighted by Gasteiger charge is -2.30. The van der Waals surface area contributed by atoms with Crippen LogP contribution in [0.25, 0.3) is 0 Å². The third-order valence-corrected chi connectivity index (χ3v) is 3.96. The predicted octanol–water partition coefficient (Wildman–Crippen LogP) is 2.48. The van der Waals surface area contributed by atoms with Gasteiger partial charge in [-0.2, -0.15) is 0 Å². The maximum atomic E-state index is 4.22. The Hall–Kier alpha value is -0.380. The van der Waals surface area contributed by atoms with Crippen molar-refractivity contribution in [3.8, 4) is 0 Å². The number of aromatic nitrogens is 3. The van der Waals surface area contributed by atoms with Crippen LogP contribution in [0.3, 0.4) is 0 Å². The molecule has 1 aliphatic rings. The average molecular weight is 258 g/mol. The molecule has 3 unspecified atom stereocenters. The molecule has 0 saturated heterocycles. The van der Waals surface area contributed by atoms with Crippen molar-refractivity contribution in [2.75, 3.05) is 0 Å². The summed E-state index contributed by atoms with van der Waals surface area (Å²) in [5.74, 6) is 1.32. The van der Waals surface area contributed by atoms with Crippen molar-refractivity contribution in [3.63, 3.8) is 0 Å². The van der Waals surface area contributed by atoms with Gasteiger partial charge in [0.25, 0.3) is 0 Å². The van der Waals surface area contributed by atoms with Gasteiger partial charge in [0.15, 0.2) is 0 Å². The molecule has 0 radical (unpaired) electrons. The van der Waals surface area contributed by atoms with Gasteiger partial charge in [0.1, 0.15) is 0 Å². The van der Waals surface area contributed by atoms with Gasteiger partial charge in [0.2, 0.25) is 0 Å². The summed E-state index contributed by atoms with van der Waals surface area (Å²) in [6.45, 7) is 2.32. The Bertz CT molecular complexity index is 310. The van der Waals surface area contributed by atoms with E-state index in [1.807, 2.05) is 13.2 Å². The Labute approximate surface area is 93.0 Å². The van der Waals surface area contributed by atoms with E-state index in [-0.39, 0.29) is 0 Å². The molecule has 14 heavy (non-hydrogen) atoms. The number of aryl methyl sites for hydroxylation is 1. The fraction of sp³-hybridized carbons (Fsp3) is 0.800. The van der Waals surface area contributed by atoms with Gasteiger partial charge in [-0.25, -0.2) is 0 Å². The maximum Gasteiger partial charge on any atom is 0.0860 e. The number of nitrogens with zero attached hydrogens (tertiary/aromatic N) is 3. The van der Waals surface area contributed by atoms with Crippen molar-refractivity contribution >= 4 is 15.9 Å². The minimum Gasteiger partial charge on any atom is -0.255 e. The molecular weight excluding hydrogens is 242 g/mol. The number of alkyl halides is 1. The zero-order valence-electron chi connectivity index (χ0n) is 8.65. The first-order chi connectivity index (χ1) is 6.66. The predicted molar refractivity (Wildman–Crippen MR) is 59.5 cm³/mol. The molecule has 1 fully saturated rings. The lowest BCUT2D eigenvalue weighted by atomic mass is 9.79. The van der Waals surface area contributed by atoms with E-state index < -0.39 is 0 Å². The molecule has 4 heteroatoms. The van der Waals surface area contributed by atoms with Crippen LogP contribution >= 0.6 is 15.9 Å². The number of rotatable bonds is 1. The Balaban J connectivity index is 2.15. The highest BCUT2D eigenvalue weighted by Gasteiger charge is 2.29. The van der Waals surface area contributed by atoms with Crippen LogP contribution < -0.4 is 0 Å². The van der Waals surface area contributed by atoms with E-state index in [1.54, 1.807) is 4.68 Å². The minimum atomic E-state index is 0.585. The minimum absolute atomic E-state index is 0.585. The van der Waals surface area contributed by atoms with E-state index in [0.717, 1.165) is 11.6 Å². The molecule has 0 spiro atoms. The molecule has 2 rings (SSSR count). The quantitative estimate of drug-likeness (QED) is 0.724. The highest BCUT2D eigenvalue weighted by molar-refractivity contribution is 9.09.